The molecule has 2 atom stereocenters. The summed E-state index contributed by atoms with van der Waals surface area (Å²) in [5.74, 6) is -3.26. The Hall–Kier alpha value is -3.55. The van der Waals surface area contributed by atoms with E-state index in [0.29, 0.717) is 5.56 Å². The average Bonchev–Trinajstić information content (AvgIpc) is 3.22. The molecule has 0 spiro atoms. The van der Waals surface area contributed by atoms with Crippen molar-refractivity contribution in [3.8, 4) is 0 Å². The number of fused-ring (bicyclic) bond motifs is 1. The van der Waals surface area contributed by atoms with Crippen molar-refractivity contribution in [1.29, 1.82) is 0 Å². The van der Waals surface area contributed by atoms with Gasteiger partial charge in [0, 0.05) is 5.56 Å². The van der Waals surface area contributed by atoms with E-state index in [9.17, 15) is 18.8 Å². The quantitative estimate of drug-likeness (QED) is 0.610. The molecule has 2 amide bonds. The first-order valence-corrected chi connectivity index (χ1v) is 8.07. The minimum absolute atomic E-state index is 0.0851. The zero-order valence-corrected chi connectivity index (χ0v) is 14.1. The zero-order valence-electron chi connectivity index (χ0n) is 14.1. The van der Waals surface area contributed by atoms with Crippen LogP contribution in [0.15, 0.2) is 53.7 Å². The summed E-state index contributed by atoms with van der Waals surface area (Å²) in [5, 5.41) is 3.86. The second kappa shape index (κ2) is 6.31. The summed E-state index contributed by atoms with van der Waals surface area (Å²) in [4.78, 5) is 43.9. The highest BCUT2D eigenvalue weighted by Gasteiger charge is 2.56. The maximum absolute atomic E-state index is 13.2. The van der Waals surface area contributed by atoms with E-state index in [1.807, 2.05) is 0 Å². The topological polar surface area (TPSA) is 85.3 Å². The Morgan fingerprint density at radius 3 is 2.52 bits per heavy atom. The summed E-state index contributed by atoms with van der Waals surface area (Å²) >= 11 is 0. The summed E-state index contributed by atoms with van der Waals surface area (Å²) in [6.07, 6.45) is -1.12. The maximum Gasteiger partial charge on any atom is 0.339 e. The van der Waals surface area contributed by atoms with Crippen molar-refractivity contribution in [3.63, 3.8) is 0 Å². The fraction of sp³-hybridized carbons (Fsp3) is 0.158. The lowest BCUT2D eigenvalue weighted by atomic mass is 9.94. The number of para-hydroxylation sites is 1. The maximum atomic E-state index is 13.2. The first-order valence-electron chi connectivity index (χ1n) is 8.07. The van der Waals surface area contributed by atoms with Gasteiger partial charge in [-0.15, -0.1) is 0 Å². The van der Waals surface area contributed by atoms with Gasteiger partial charge in [0.25, 0.3) is 5.91 Å². The molecule has 0 N–H and O–H groups in total. The van der Waals surface area contributed by atoms with E-state index in [2.05, 4.69) is 5.16 Å². The molecular formula is C19H13FN2O5. The van der Waals surface area contributed by atoms with Crippen LogP contribution in [-0.4, -0.2) is 36.7 Å². The number of nitrogens with zero attached hydrogens (tertiary/aromatic N) is 2. The summed E-state index contributed by atoms with van der Waals surface area (Å²) in [6.45, 7) is 0. The number of hydrogen-bond donors (Lipinski definition) is 0. The Morgan fingerprint density at radius 2 is 1.81 bits per heavy atom. The minimum Gasteiger partial charge on any atom is -0.465 e. The number of imide groups is 1. The lowest BCUT2D eigenvalue weighted by Crippen LogP contribution is -2.34. The molecule has 2 aromatic rings. The van der Waals surface area contributed by atoms with E-state index >= 15 is 0 Å². The predicted molar refractivity (Wildman–Crippen MR) is 91.6 cm³/mol. The van der Waals surface area contributed by atoms with Gasteiger partial charge >= 0.3 is 5.97 Å². The van der Waals surface area contributed by atoms with Gasteiger partial charge in [-0.3, -0.25) is 9.59 Å². The molecule has 0 bridgehead atoms. The number of carbonyl (C=O) groups excluding carboxylic acids is 3. The number of benzene rings is 2. The Balaban J connectivity index is 1.73. The number of amides is 2. The van der Waals surface area contributed by atoms with Gasteiger partial charge in [-0.1, -0.05) is 29.4 Å². The summed E-state index contributed by atoms with van der Waals surface area (Å²) < 4.78 is 17.9. The Bertz CT molecular complexity index is 986. The van der Waals surface area contributed by atoms with E-state index in [1.165, 1.54) is 43.5 Å². The van der Waals surface area contributed by atoms with Crippen LogP contribution >= 0.6 is 0 Å². The van der Waals surface area contributed by atoms with Crippen molar-refractivity contribution in [2.24, 2.45) is 11.1 Å². The second-order valence-corrected chi connectivity index (χ2v) is 6.01. The fourth-order valence-corrected chi connectivity index (χ4v) is 3.23. The van der Waals surface area contributed by atoms with Crippen LogP contribution in [0, 0.1) is 11.7 Å². The van der Waals surface area contributed by atoms with Gasteiger partial charge in [0.2, 0.25) is 12.0 Å². The van der Waals surface area contributed by atoms with E-state index < -0.39 is 35.6 Å². The lowest BCUT2D eigenvalue weighted by molar-refractivity contribution is -0.126. The molecule has 27 heavy (non-hydrogen) atoms. The monoisotopic (exact) mass is 368 g/mol. The van der Waals surface area contributed by atoms with Crippen molar-refractivity contribution in [1.82, 2.24) is 0 Å². The minimum atomic E-state index is -1.12. The van der Waals surface area contributed by atoms with Gasteiger partial charge in [-0.25, -0.2) is 14.1 Å². The number of ether oxygens (including phenoxy) is 1. The van der Waals surface area contributed by atoms with Gasteiger partial charge < -0.3 is 9.57 Å². The van der Waals surface area contributed by atoms with E-state index in [0.717, 1.165) is 4.90 Å². The van der Waals surface area contributed by atoms with Crippen LogP contribution in [-0.2, 0) is 19.2 Å². The number of anilines is 1. The summed E-state index contributed by atoms with van der Waals surface area (Å²) in [6, 6.07) is 11.5. The zero-order chi connectivity index (χ0) is 19.1. The summed E-state index contributed by atoms with van der Waals surface area (Å²) in [7, 11) is 1.21. The van der Waals surface area contributed by atoms with E-state index in [4.69, 9.17) is 9.57 Å². The molecule has 0 aliphatic carbocycles. The summed E-state index contributed by atoms with van der Waals surface area (Å²) in [5.41, 5.74) is 0.933. The van der Waals surface area contributed by atoms with Crippen LogP contribution in [0.2, 0.25) is 0 Å². The highest BCUT2D eigenvalue weighted by atomic mass is 19.1. The molecular weight excluding hydrogens is 355 g/mol. The third kappa shape index (κ3) is 2.57. The SMILES string of the molecule is COC(=O)c1ccccc1N1C(=O)[C@H]2C(c3ccc(F)cc3)=NO[C@@H]2C1=O. The van der Waals surface area contributed by atoms with Crippen LogP contribution in [0.5, 0.6) is 0 Å². The molecule has 2 aliphatic rings. The molecule has 0 aromatic heterocycles. The molecule has 2 heterocycles. The molecule has 0 radical (unpaired) electrons. The Labute approximate surface area is 153 Å². The molecule has 2 aromatic carbocycles. The average molecular weight is 368 g/mol. The van der Waals surface area contributed by atoms with Crippen LogP contribution in [0.3, 0.4) is 0 Å². The highest BCUT2D eigenvalue weighted by Crippen LogP contribution is 2.36. The van der Waals surface area contributed by atoms with Gasteiger partial charge in [0.05, 0.1) is 18.4 Å². The van der Waals surface area contributed by atoms with Crippen molar-refractivity contribution in [2.45, 2.75) is 6.10 Å². The first-order chi connectivity index (χ1) is 13.0. The van der Waals surface area contributed by atoms with Crippen LogP contribution in [0.1, 0.15) is 15.9 Å². The molecule has 1 saturated heterocycles. The van der Waals surface area contributed by atoms with E-state index in [-0.39, 0.29) is 17.0 Å². The van der Waals surface area contributed by atoms with Gasteiger partial charge in [-0.2, -0.15) is 0 Å². The van der Waals surface area contributed by atoms with Crippen LogP contribution in [0.25, 0.3) is 0 Å². The van der Waals surface area contributed by atoms with Crippen molar-refractivity contribution in [2.75, 3.05) is 12.0 Å². The smallest absolute Gasteiger partial charge is 0.339 e. The van der Waals surface area contributed by atoms with E-state index in [1.54, 1.807) is 12.1 Å². The molecule has 4 rings (SSSR count). The Kier molecular flexibility index (Phi) is 3.95. The van der Waals surface area contributed by atoms with Gasteiger partial charge in [0.15, 0.2) is 0 Å². The molecule has 0 saturated carbocycles. The van der Waals surface area contributed by atoms with Crippen molar-refractivity contribution < 1.29 is 28.3 Å². The van der Waals surface area contributed by atoms with Gasteiger partial charge in [0.1, 0.15) is 17.4 Å². The molecule has 2 aliphatic heterocycles. The Morgan fingerprint density at radius 1 is 1.11 bits per heavy atom. The normalized spacial score (nSPS) is 21.0. The number of esters is 1. The largest absolute Gasteiger partial charge is 0.465 e. The number of rotatable bonds is 3. The van der Waals surface area contributed by atoms with Crippen LogP contribution < -0.4 is 4.90 Å². The fourth-order valence-electron chi connectivity index (χ4n) is 3.23. The molecule has 7 nitrogen and oxygen atoms in total. The predicted octanol–water partition coefficient (Wildman–Crippen LogP) is 1.90. The van der Waals surface area contributed by atoms with Gasteiger partial charge in [-0.05, 0) is 24.3 Å². The molecule has 1 fully saturated rings. The molecule has 0 unspecified atom stereocenters. The number of halogens is 1. The second-order valence-electron chi connectivity index (χ2n) is 6.01. The lowest BCUT2D eigenvalue weighted by Gasteiger charge is -2.18. The number of hydrogen-bond acceptors (Lipinski definition) is 6. The number of methoxy groups -OCH3 is 1. The number of carbonyl (C=O) groups is 3. The standard InChI is InChI=1S/C19H13FN2O5/c1-26-19(25)12-4-2-3-5-13(12)22-17(23)14-15(21-27-16(14)18(22)24)10-6-8-11(20)9-7-10/h2-9,14,16H,1H3/t14-,16-/m0/s1. The third-order valence-electron chi connectivity index (χ3n) is 4.50. The number of oxime groups is 1. The first kappa shape index (κ1) is 16.9. The third-order valence-corrected chi connectivity index (χ3v) is 4.50. The van der Waals surface area contributed by atoms with Crippen LogP contribution in [0.4, 0.5) is 10.1 Å². The highest BCUT2D eigenvalue weighted by molar-refractivity contribution is 6.33. The van der Waals surface area contributed by atoms with Crippen molar-refractivity contribution >= 4 is 29.2 Å². The molecule has 136 valence electrons. The van der Waals surface area contributed by atoms with Crippen molar-refractivity contribution in [3.05, 3.63) is 65.5 Å². The molecule has 8 heteroatoms.